The lowest BCUT2D eigenvalue weighted by molar-refractivity contribution is -0.306. The van der Waals surface area contributed by atoms with Crippen molar-refractivity contribution in [2.75, 3.05) is 13.1 Å². The highest BCUT2D eigenvalue weighted by Gasteiger charge is 2.48. The molecule has 1 aliphatic rings. The molecule has 0 unspecified atom stereocenters. The van der Waals surface area contributed by atoms with Crippen LogP contribution in [0.4, 0.5) is 5.69 Å². The smallest absolute Gasteiger partial charge is 0.338 e. The molecule has 0 aliphatic carbocycles. The molecule has 0 spiro atoms. The lowest BCUT2D eigenvalue weighted by Crippen LogP contribution is -2.68. The van der Waals surface area contributed by atoms with Gasteiger partial charge in [-0.05, 0) is 29.7 Å². The van der Waals surface area contributed by atoms with E-state index in [1.165, 1.54) is 30.0 Å². The molecule has 2 amide bonds. The zero-order valence-electron chi connectivity index (χ0n) is 21.0. The van der Waals surface area contributed by atoms with Crippen molar-refractivity contribution in [3.05, 3.63) is 101 Å². The number of hydrogen-bond acceptors (Lipinski definition) is 7. The van der Waals surface area contributed by atoms with E-state index in [2.05, 4.69) is 0 Å². The van der Waals surface area contributed by atoms with E-state index in [4.69, 9.17) is 10.6 Å². The zero-order valence-corrected chi connectivity index (χ0v) is 21.0. The number of ether oxygens (including phenoxy) is 1. The predicted octanol–water partition coefficient (Wildman–Crippen LogP) is 1.98. The third-order valence-electron chi connectivity index (χ3n) is 6.80. The first kappa shape index (κ1) is 26.7. The summed E-state index contributed by atoms with van der Waals surface area (Å²) in [4.78, 5) is 52.7. The van der Waals surface area contributed by atoms with Crippen molar-refractivity contribution in [3.63, 3.8) is 0 Å². The molecular weight excluding hydrogens is 486 g/mol. The topological polar surface area (TPSA) is 130 Å². The highest BCUT2D eigenvalue weighted by molar-refractivity contribution is 6.05. The summed E-state index contributed by atoms with van der Waals surface area (Å²) in [6.07, 6.45) is -0.0328. The molecule has 0 radical (unpaired) electrons. The molecule has 1 heterocycles. The third kappa shape index (κ3) is 5.64. The molecule has 0 fully saturated rings. The lowest BCUT2D eigenvalue weighted by Gasteiger charge is -2.36. The first-order valence-corrected chi connectivity index (χ1v) is 12.3. The van der Waals surface area contributed by atoms with Crippen LogP contribution in [0.5, 0.6) is 0 Å². The molecule has 9 heteroatoms. The second-order valence-electron chi connectivity index (χ2n) is 9.31. The van der Waals surface area contributed by atoms with Gasteiger partial charge >= 0.3 is 11.9 Å². The number of amides is 2. The molecule has 4 rings (SSSR count). The molecule has 0 aromatic heterocycles. The quantitative estimate of drug-likeness (QED) is 0.210. The van der Waals surface area contributed by atoms with Crippen LogP contribution >= 0.6 is 0 Å². The van der Waals surface area contributed by atoms with Crippen LogP contribution in [0.3, 0.4) is 0 Å². The van der Waals surface area contributed by atoms with Crippen molar-refractivity contribution in [1.82, 2.24) is 9.49 Å². The first-order valence-electron chi connectivity index (χ1n) is 12.3. The average molecular weight is 516 g/mol. The van der Waals surface area contributed by atoms with Gasteiger partial charge < -0.3 is 19.5 Å². The summed E-state index contributed by atoms with van der Waals surface area (Å²) in [5, 5.41) is 11.6. The lowest BCUT2D eigenvalue weighted by atomic mass is 10.0. The summed E-state index contributed by atoms with van der Waals surface area (Å²) in [6.45, 7) is 1.47. The van der Waals surface area contributed by atoms with Crippen LogP contribution in [-0.4, -0.2) is 47.8 Å². The van der Waals surface area contributed by atoms with E-state index >= 15 is 0 Å². The molecule has 38 heavy (non-hydrogen) atoms. The van der Waals surface area contributed by atoms with Gasteiger partial charge in [-0.1, -0.05) is 60.7 Å². The van der Waals surface area contributed by atoms with Gasteiger partial charge in [0.2, 0.25) is 0 Å². The fourth-order valence-corrected chi connectivity index (χ4v) is 4.73. The van der Waals surface area contributed by atoms with E-state index in [0.717, 1.165) is 11.1 Å². The van der Waals surface area contributed by atoms with Crippen LogP contribution in [0.2, 0.25) is 0 Å². The van der Waals surface area contributed by atoms with Gasteiger partial charge in [0.25, 0.3) is 5.91 Å². The number of carbonyl (C=O) groups excluding carboxylic acids is 4. The number of benzene rings is 3. The number of nitrogens with two attached hydrogens (primary N) is 1. The maximum absolute atomic E-state index is 13.8. The Morgan fingerprint density at radius 1 is 1.00 bits per heavy atom. The fourth-order valence-electron chi connectivity index (χ4n) is 4.73. The largest absolute Gasteiger partial charge is 0.550 e. The van der Waals surface area contributed by atoms with Gasteiger partial charge in [-0.2, -0.15) is 5.84 Å². The highest BCUT2D eigenvalue weighted by atomic mass is 16.5. The highest BCUT2D eigenvalue weighted by Crippen LogP contribution is 2.34. The SMILES string of the molecule is CC(=O)[N@@+]1(N)c2ccc(C(=O)OCc3ccccc3)cc2C(=O)N(CCc2ccccc2)C[C@H]1CC(=O)[O-]. The van der Waals surface area contributed by atoms with Crippen molar-refractivity contribution in [1.29, 1.82) is 0 Å². The van der Waals surface area contributed by atoms with Crippen molar-refractivity contribution < 1.29 is 29.0 Å². The standard InChI is InChI=1S/C29H29N3O6/c1-20(33)32(30)24(17-27(34)35)18-31(15-14-21-8-4-2-5-9-21)28(36)25-16-23(12-13-26(25)32)29(37)38-19-22-10-6-3-7-11-22/h2-13,16,24H,14-15,17-19,30H2,1H3/t24-,32+/m1/s1. The van der Waals surface area contributed by atoms with Crippen molar-refractivity contribution in [3.8, 4) is 0 Å². The van der Waals surface area contributed by atoms with Crippen molar-refractivity contribution in [2.24, 2.45) is 5.84 Å². The Kier molecular flexibility index (Phi) is 7.99. The second-order valence-corrected chi connectivity index (χ2v) is 9.31. The summed E-state index contributed by atoms with van der Waals surface area (Å²) < 4.78 is 4.52. The molecule has 2 atom stereocenters. The zero-order chi connectivity index (χ0) is 27.3. The number of carbonyl (C=O) groups is 4. The molecule has 0 saturated heterocycles. The van der Waals surface area contributed by atoms with Gasteiger partial charge in [0, 0.05) is 25.0 Å². The van der Waals surface area contributed by atoms with Crippen LogP contribution in [0, 0.1) is 0 Å². The second kappa shape index (κ2) is 11.4. The molecule has 0 saturated carbocycles. The Morgan fingerprint density at radius 2 is 1.63 bits per heavy atom. The minimum absolute atomic E-state index is 0.0470. The normalized spacial score (nSPS) is 18.8. The molecule has 9 nitrogen and oxygen atoms in total. The molecule has 1 aliphatic heterocycles. The molecule has 196 valence electrons. The third-order valence-corrected chi connectivity index (χ3v) is 6.80. The van der Waals surface area contributed by atoms with E-state index in [1.54, 1.807) is 0 Å². The van der Waals surface area contributed by atoms with E-state index in [1.807, 2.05) is 60.7 Å². The van der Waals surface area contributed by atoms with E-state index < -0.39 is 40.8 Å². The van der Waals surface area contributed by atoms with Gasteiger partial charge in [-0.25, -0.2) is 9.59 Å². The number of rotatable bonds is 8. The van der Waals surface area contributed by atoms with E-state index in [0.29, 0.717) is 6.42 Å². The number of carboxylic acids is 1. The van der Waals surface area contributed by atoms with Gasteiger partial charge in [-0.3, -0.25) is 4.79 Å². The summed E-state index contributed by atoms with van der Waals surface area (Å²) in [6, 6.07) is 21.9. The van der Waals surface area contributed by atoms with Crippen LogP contribution < -0.4 is 15.5 Å². The molecule has 3 aromatic rings. The number of carboxylic acid groups (broad SMARTS) is 1. The predicted molar refractivity (Wildman–Crippen MR) is 138 cm³/mol. The van der Waals surface area contributed by atoms with Crippen LogP contribution in [-0.2, 0) is 27.4 Å². The van der Waals surface area contributed by atoms with Crippen LogP contribution in [0.15, 0.2) is 78.9 Å². The average Bonchev–Trinajstić information content (AvgIpc) is 3.00. The Morgan fingerprint density at radius 3 is 2.24 bits per heavy atom. The minimum atomic E-state index is -1.38. The van der Waals surface area contributed by atoms with Gasteiger partial charge in [0.05, 0.1) is 19.0 Å². The number of nitrogens with zero attached hydrogens (tertiary/aromatic N) is 2. The van der Waals surface area contributed by atoms with Gasteiger partial charge in [-0.15, -0.1) is 4.59 Å². The maximum atomic E-state index is 13.8. The first-order chi connectivity index (χ1) is 18.2. The Balaban J connectivity index is 1.71. The van der Waals surface area contributed by atoms with E-state index in [9.17, 15) is 24.3 Å². The van der Waals surface area contributed by atoms with Crippen LogP contribution in [0.1, 0.15) is 45.2 Å². The Labute approximate surface area is 220 Å². The summed E-state index contributed by atoms with van der Waals surface area (Å²) in [7, 11) is 0. The number of esters is 1. The van der Waals surface area contributed by atoms with Gasteiger partial charge in [0.1, 0.15) is 18.2 Å². The Bertz CT molecular complexity index is 1340. The summed E-state index contributed by atoms with van der Waals surface area (Å²) in [5.41, 5.74) is 2.07. The number of hydrogen-bond donors (Lipinski definition) is 1. The maximum Gasteiger partial charge on any atom is 0.338 e. The molecular formula is C29H29N3O6. The number of fused-ring (bicyclic) bond motifs is 1. The van der Waals surface area contributed by atoms with E-state index in [-0.39, 0.29) is 36.5 Å². The monoisotopic (exact) mass is 515 g/mol. The minimum Gasteiger partial charge on any atom is -0.550 e. The number of quaternary nitrogens is 1. The Hall–Kier alpha value is -4.34. The fraction of sp³-hybridized carbons (Fsp3) is 0.241. The van der Waals surface area contributed by atoms with Crippen molar-refractivity contribution in [2.45, 2.75) is 32.4 Å². The van der Waals surface area contributed by atoms with Crippen molar-refractivity contribution >= 4 is 29.4 Å². The van der Waals surface area contributed by atoms with Gasteiger partial charge in [0.15, 0.2) is 5.69 Å². The number of aliphatic carboxylic acids is 1. The summed E-state index contributed by atoms with van der Waals surface area (Å²) >= 11 is 0. The summed E-state index contributed by atoms with van der Waals surface area (Å²) in [5.74, 6) is 3.57. The van der Waals surface area contributed by atoms with Crippen LogP contribution in [0.25, 0.3) is 0 Å². The molecule has 3 aromatic carbocycles. The molecule has 2 N–H and O–H groups in total. The molecule has 0 bridgehead atoms.